The van der Waals surface area contributed by atoms with Crippen molar-refractivity contribution in [2.24, 2.45) is 0 Å². The quantitative estimate of drug-likeness (QED) is 0.0233. The molecule has 0 radical (unpaired) electrons. The zero-order chi connectivity index (χ0) is 49.6. The second kappa shape index (κ2) is 26.6. The fraction of sp³-hybridized carbons (Fsp3) is 0.347. The maximum Gasteiger partial charge on any atom is 0.411 e. The molecule has 18 heteroatoms. The van der Waals surface area contributed by atoms with Crippen molar-refractivity contribution in [3.63, 3.8) is 0 Å². The summed E-state index contributed by atoms with van der Waals surface area (Å²) in [4.78, 5) is 46.7. The predicted molar refractivity (Wildman–Crippen MR) is 230 cm³/mol. The van der Waals surface area contributed by atoms with Crippen LogP contribution in [0.3, 0.4) is 0 Å². The van der Waals surface area contributed by atoms with Gasteiger partial charge in [-0.1, -0.05) is 49.9 Å². The van der Waals surface area contributed by atoms with Crippen LogP contribution in [0.5, 0.6) is 17.2 Å². The van der Waals surface area contributed by atoms with E-state index in [2.05, 4.69) is 13.2 Å². The van der Waals surface area contributed by atoms with Crippen molar-refractivity contribution >= 4 is 23.9 Å². The first kappa shape index (κ1) is 54.8. The van der Waals surface area contributed by atoms with Crippen molar-refractivity contribution in [2.75, 3.05) is 33.5 Å². The molecule has 0 fully saturated rings. The summed E-state index contributed by atoms with van der Waals surface area (Å²) in [6, 6.07) is 11.5. The topological polar surface area (TPSA) is 124 Å². The molecular formula is C49H50F8O10. The lowest BCUT2D eigenvalue weighted by atomic mass is 9.73. The van der Waals surface area contributed by atoms with Crippen molar-refractivity contribution in [1.82, 2.24) is 0 Å². The van der Waals surface area contributed by atoms with Crippen molar-refractivity contribution in [3.8, 4) is 17.2 Å². The van der Waals surface area contributed by atoms with E-state index < -0.39 is 81.1 Å². The Morgan fingerprint density at radius 3 is 1.30 bits per heavy atom. The van der Waals surface area contributed by atoms with Gasteiger partial charge in [0.25, 0.3) is 0 Å². The molecule has 0 aliphatic carbocycles. The Kier molecular flexibility index (Phi) is 21.7. The van der Waals surface area contributed by atoms with E-state index in [9.17, 15) is 54.3 Å². The molecule has 0 bridgehead atoms. The Balaban J connectivity index is 0.000000795. The number of benzene rings is 4. The van der Waals surface area contributed by atoms with Gasteiger partial charge in [0, 0.05) is 31.9 Å². The number of carbonyl (C=O) groups excluding carboxylic acids is 4. The van der Waals surface area contributed by atoms with Gasteiger partial charge in [-0.25, -0.2) is 28.0 Å². The largest absolute Gasteiger partial charge is 0.493 e. The van der Waals surface area contributed by atoms with Crippen LogP contribution in [0.2, 0.25) is 0 Å². The summed E-state index contributed by atoms with van der Waals surface area (Å²) in [5.41, 5.74) is -7.77. The first-order chi connectivity index (χ1) is 31.8. The minimum atomic E-state index is -5.97. The zero-order valence-corrected chi connectivity index (χ0v) is 36.7. The number of hydrogen-bond donors (Lipinski definition) is 0. The number of esters is 4. The van der Waals surface area contributed by atoms with Crippen molar-refractivity contribution in [2.45, 2.75) is 76.1 Å². The summed E-state index contributed by atoms with van der Waals surface area (Å²) in [6.07, 6.45) is -2.80. The summed E-state index contributed by atoms with van der Waals surface area (Å²) in [5.74, 6) is -6.18. The number of carbonyl (C=O) groups is 4. The van der Waals surface area contributed by atoms with E-state index in [-0.39, 0.29) is 24.9 Å². The lowest BCUT2D eigenvalue weighted by molar-refractivity contribution is -0.288. The minimum Gasteiger partial charge on any atom is -0.493 e. The highest BCUT2D eigenvalue weighted by molar-refractivity contribution is 5.92. The predicted octanol–water partition coefficient (Wildman–Crippen LogP) is 11.7. The monoisotopic (exact) mass is 950 g/mol. The highest BCUT2D eigenvalue weighted by Gasteiger charge is 2.72. The molecule has 4 aromatic rings. The van der Waals surface area contributed by atoms with Crippen LogP contribution in [0.1, 0.15) is 88.8 Å². The summed E-state index contributed by atoms with van der Waals surface area (Å²) in [6.45, 7) is 9.94. The molecule has 0 aliphatic heterocycles. The summed E-state index contributed by atoms with van der Waals surface area (Å²) >= 11 is 0. The third-order valence-electron chi connectivity index (χ3n) is 9.72. The number of halogens is 8. The molecule has 362 valence electrons. The van der Waals surface area contributed by atoms with Crippen LogP contribution in [-0.2, 0) is 29.2 Å². The molecule has 0 aliphatic rings. The molecule has 0 N–H and O–H groups in total. The van der Waals surface area contributed by atoms with E-state index in [1.54, 1.807) is 14.0 Å². The molecule has 0 unspecified atom stereocenters. The maximum absolute atomic E-state index is 14.8. The van der Waals surface area contributed by atoms with E-state index in [0.29, 0.717) is 73.5 Å². The molecule has 0 saturated carbocycles. The summed E-state index contributed by atoms with van der Waals surface area (Å²) in [7, 11) is 1.70. The van der Waals surface area contributed by atoms with Gasteiger partial charge in [-0.05, 0) is 117 Å². The summed E-state index contributed by atoms with van der Waals surface area (Å²) in [5, 5.41) is 0. The van der Waals surface area contributed by atoms with Gasteiger partial charge in [-0.15, -0.1) is 0 Å². The minimum absolute atomic E-state index is 0.0929. The molecule has 0 aromatic heterocycles. The third kappa shape index (κ3) is 16.4. The smallest absolute Gasteiger partial charge is 0.411 e. The normalized spacial score (nSPS) is 11.4. The molecule has 4 rings (SSSR count). The molecule has 10 nitrogen and oxygen atoms in total. The first-order valence-corrected chi connectivity index (χ1v) is 20.8. The Morgan fingerprint density at radius 2 is 0.910 bits per heavy atom. The molecule has 0 atom stereocenters. The van der Waals surface area contributed by atoms with E-state index in [4.69, 9.17) is 28.4 Å². The lowest BCUT2D eigenvalue weighted by Gasteiger charge is -2.38. The van der Waals surface area contributed by atoms with E-state index >= 15 is 0 Å². The van der Waals surface area contributed by atoms with Crippen LogP contribution in [0.15, 0.2) is 110 Å². The number of aryl methyl sites for hydroxylation is 1. The Hall–Kier alpha value is -6.56. The molecular weight excluding hydrogens is 901 g/mol. The number of hydrogen-bond acceptors (Lipinski definition) is 10. The average molecular weight is 951 g/mol. The SMILES string of the molecule is C=CC(=O)OCCCCCCOC.C=CC(=O)OCCCCCCOc1ccc(C(=O)Oc2ccc(C(c3ccc(OC(=O)c4ccc(C)cc4F)cc3)(C(F)(F)F)C(F)(F)F)cc2)c(F)c1. The van der Waals surface area contributed by atoms with Crippen LogP contribution in [0.4, 0.5) is 35.1 Å². The second-order valence-corrected chi connectivity index (χ2v) is 14.6. The van der Waals surface area contributed by atoms with Crippen LogP contribution >= 0.6 is 0 Å². The fourth-order valence-corrected chi connectivity index (χ4v) is 6.30. The number of methoxy groups -OCH3 is 1. The summed E-state index contributed by atoms with van der Waals surface area (Å²) < 4.78 is 147. The van der Waals surface area contributed by atoms with Crippen molar-refractivity contribution in [1.29, 1.82) is 0 Å². The number of alkyl halides is 6. The molecule has 67 heavy (non-hydrogen) atoms. The van der Waals surface area contributed by atoms with E-state index in [0.717, 1.165) is 75.5 Å². The van der Waals surface area contributed by atoms with Gasteiger partial charge in [0.2, 0.25) is 5.41 Å². The van der Waals surface area contributed by atoms with Gasteiger partial charge >= 0.3 is 36.2 Å². The van der Waals surface area contributed by atoms with Gasteiger partial charge < -0.3 is 28.4 Å². The highest BCUT2D eigenvalue weighted by Crippen LogP contribution is 2.56. The zero-order valence-electron chi connectivity index (χ0n) is 36.7. The van der Waals surface area contributed by atoms with Crippen LogP contribution in [-0.4, -0.2) is 69.8 Å². The van der Waals surface area contributed by atoms with Crippen molar-refractivity contribution in [3.05, 3.63) is 150 Å². The number of unbranched alkanes of at least 4 members (excludes halogenated alkanes) is 6. The van der Waals surface area contributed by atoms with Crippen LogP contribution in [0.25, 0.3) is 0 Å². The first-order valence-electron chi connectivity index (χ1n) is 20.8. The molecule has 4 aromatic carbocycles. The molecule has 0 saturated heterocycles. The number of rotatable bonds is 23. The Labute approximate surface area is 382 Å². The standard InChI is InChI=1S/C39H32F8O7.C10H18O3/c1-3-34(48)52-21-7-5-4-6-20-51-29-17-19-31(33(41)23-29)36(50)54-28-15-11-26(12-16-28)37(38(42,43)44,39(45,46)47)25-9-13-27(14-10-25)53-35(49)30-18-8-24(2)22-32(30)40;1-3-10(11)13-9-7-5-4-6-8-12-2/h3,8-19,22-23H,1,4-7,20-21H2,2H3;3H,1,4-9H2,2H3. The molecule has 0 spiro atoms. The van der Waals surface area contributed by atoms with Gasteiger partial charge in [-0.3, -0.25) is 0 Å². The highest BCUT2D eigenvalue weighted by atomic mass is 19.4. The fourth-order valence-electron chi connectivity index (χ4n) is 6.30. The molecule has 0 heterocycles. The van der Waals surface area contributed by atoms with Gasteiger partial charge in [-0.2, -0.15) is 26.3 Å². The Bertz CT molecular complexity index is 2240. The van der Waals surface area contributed by atoms with Gasteiger partial charge in [0.1, 0.15) is 28.9 Å². The van der Waals surface area contributed by atoms with Crippen LogP contribution in [0, 0.1) is 18.6 Å². The van der Waals surface area contributed by atoms with Crippen LogP contribution < -0.4 is 14.2 Å². The van der Waals surface area contributed by atoms with E-state index in [1.165, 1.54) is 18.2 Å². The van der Waals surface area contributed by atoms with Crippen molar-refractivity contribution < 1.29 is 82.7 Å². The van der Waals surface area contributed by atoms with Gasteiger partial charge in [0.15, 0.2) is 0 Å². The third-order valence-corrected chi connectivity index (χ3v) is 9.72. The van der Waals surface area contributed by atoms with E-state index in [1.807, 2.05) is 0 Å². The Morgan fingerprint density at radius 1 is 0.522 bits per heavy atom. The van der Waals surface area contributed by atoms with Gasteiger partial charge in [0.05, 0.1) is 30.9 Å². The molecule has 0 amide bonds. The lowest BCUT2D eigenvalue weighted by Crippen LogP contribution is -2.54. The maximum atomic E-state index is 14.8. The average Bonchev–Trinajstić information content (AvgIpc) is 3.27. The second-order valence-electron chi connectivity index (χ2n) is 14.6. The number of ether oxygens (including phenoxy) is 6.